The molecule has 0 atom stereocenters. The highest BCUT2D eigenvalue weighted by atomic mass is 16.4. The monoisotopic (exact) mass is 250 g/mol. The third-order valence-electron chi connectivity index (χ3n) is 2.81. The Bertz CT molecular complexity index is 469. The van der Waals surface area contributed by atoms with Crippen LogP contribution in [0.15, 0.2) is 18.2 Å². The van der Waals surface area contributed by atoms with Crippen molar-refractivity contribution >= 4 is 11.9 Å². The van der Waals surface area contributed by atoms with Gasteiger partial charge in [0, 0.05) is 6.42 Å². The van der Waals surface area contributed by atoms with Crippen molar-refractivity contribution in [3.05, 3.63) is 34.9 Å². The first-order valence-electron chi connectivity index (χ1n) is 5.80. The minimum Gasteiger partial charge on any atom is -0.481 e. The van der Waals surface area contributed by atoms with E-state index in [-0.39, 0.29) is 23.8 Å². The summed E-state index contributed by atoms with van der Waals surface area (Å²) in [6, 6.07) is 5.22. The summed E-state index contributed by atoms with van der Waals surface area (Å²) in [7, 11) is 0. The van der Waals surface area contributed by atoms with Crippen molar-refractivity contribution in [1.29, 1.82) is 0 Å². The standard InChI is InChI=1S/C14H18O4/c1-14(2,3)10-6-4-9(5-7-12(15)16)11(8-10)13(17)18/h4,6,8H,5,7H2,1-3H3,(H,15,16)(H,17,18). The Morgan fingerprint density at radius 1 is 1.17 bits per heavy atom. The van der Waals surface area contributed by atoms with Gasteiger partial charge in [-0.1, -0.05) is 32.9 Å². The summed E-state index contributed by atoms with van der Waals surface area (Å²) in [6.45, 7) is 6.01. The number of carboxylic acids is 2. The predicted molar refractivity (Wildman–Crippen MR) is 68.1 cm³/mol. The molecule has 0 bridgehead atoms. The van der Waals surface area contributed by atoms with Crippen LogP contribution < -0.4 is 0 Å². The Morgan fingerprint density at radius 2 is 1.78 bits per heavy atom. The van der Waals surface area contributed by atoms with Crippen LogP contribution in [0.25, 0.3) is 0 Å². The molecule has 0 aliphatic heterocycles. The molecule has 0 amide bonds. The molecule has 0 aromatic heterocycles. The van der Waals surface area contributed by atoms with Gasteiger partial charge in [-0.2, -0.15) is 0 Å². The molecule has 0 saturated carbocycles. The van der Waals surface area contributed by atoms with Crippen LogP contribution in [-0.2, 0) is 16.6 Å². The molecule has 1 rings (SSSR count). The lowest BCUT2D eigenvalue weighted by atomic mass is 9.84. The van der Waals surface area contributed by atoms with Gasteiger partial charge in [0.15, 0.2) is 0 Å². The quantitative estimate of drug-likeness (QED) is 0.861. The summed E-state index contributed by atoms with van der Waals surface area (Å²) >= 11 is 0. The molecule has 4 nitrogen and oxygen atoms in total. The number of aliphatic carboxylic acids is 1. The Kier molecular flexibility index (Phi) is 4.11. The molecule has 0 unspecified atom stereocenters. The Hall–Kier alpha value is -1.84. The molecule has 1 aromatic rings. The molecule has 2 N–H and O–H groups in total. The first-order chi connectivity index (χ1) is 8.21. The zero-order valence-corrected chi connectivity index (χ0v) is 10.9. The molecule has 0 saturated heterocycles. The van der Waals surface area contributed by atoms with Crippen molar-refractivity contribution in [1.82, 2.24) is 0 Å². The SMILES string of the molecule is CC(C)(C)c1ccc(CCC(=O)O)c(C(=O)O)c1. The summed E-state index contributed by atoms with van der Waals surface area (Å²) in [5.74, 6) is -1.94. The molecule has 0 heterocycles. The third-order valence-corrected chi connectivity index (χ3v) is 2.81. The molecule has 0 aliphatic rings. The topological polar surface area (TPSA) is 74.6 Å². The normalized spacial score (nSPS) is 11.3. The molecule has 0 aliphatic carbocycles. The fraction of sp³-hybridized carbons (Fsp3) is 0.429. The van der Waals surface area contributed by atoms with Gasteiger partial charge in [-0.05, 0) is 29.0 Å². The zero-order chi connectivity index (χ0) is 13.9. The van der Waals surface area contributed by atoms with E-state index in [4.69, 9.17) is 5.11 Å². The van der Waals surface area contributed by atoms with Crippen LogP contribution in [0.2, 0.25) is 0 Å². The second-order valence-electron chi connectivity index (χ2n) is 5.32. The highest BCUT2D eigenvalue weighted by Gasteiger charge is 2.18. The zero-order valence-electron chi connectivity index (χ0n) is 10.9. The smallest absolute Gasteiger partial charge is 0.335 e. The van der Waals surface area contributed by atoms with Crippen molar-refractivity contribution in [2.24, 2.45) is 0 Å². The van der Waals surface area contributed by atoms with Gasteiger partial charge in [-0.3, -0.25) is 4.79 Å². The molecule has 1 aromatic carbocycles. The van der Waals surface area contributed by atoms with E-state index in [1.807, 2.05) is 26.8 Å². The van der Waals surface area contributed by atoms with Gasteiger partial charge in [0.25, 0.3) is 0 Å². The number of benzene rings is 1. The van der Waals surface area contributed by atoms with Crippen molar-refractivity contribution in [2.45, 2.75) is 39.0 Å². The lowest BCUT2D eigenvalue weighted by Gasteiger charge is -2.20. The summed E-state index contributed by atoms with van der Waals surface area (Å²) in [4.78, 5) is 21.7. The van der Waals surface area contributed by atoms with Gasteiger partial charge in [0.2, 0.25) is 0 Å². The van der Waals surface area contributed by atoms with E-state index in [2.05, 4.69) is 0 Å². The maximum absolute atomic E-state index is 11.2. The van der Waals surface area contributed by atoms with Crippen LogP contribution in [0.4, 0.5) is 0 Å². The number of hydrogen-bond donors (Lipinski definition) is 2. The van der Waals surface area contributed by atoms with Crippen molar-refractivity contribution in [2.75, 3.05) is 0 Å². The molecule has 0 radical (unpaired) electrons. The lowest BCUT2D eigenvalue weighted by Crippen LogP contribution is -2.14. The molecule has 0 fully saturated rings. The number of hydrogen-bond acceptors (Lipinski definition) is 2. The molecule has 18 heavy (non-hydrogen) atoms. The largest absolute Gasteiger partial charge is 0.481 e. The van der Waals surface area contributed by atoms with Crippen molar-refractivity contribution in [3.63, 3.8) is 0 Å². The number of carbonyl (C=O) groups is 2. The Balaban J connectivity index is 3.13. The molecule has 98 valence electrons. The van der Waals surface area contributed by atoms with E-state index in [9.17, 15) is 14.7 Å². The highest BCUT2D eigenvalue weighted by Crippen LogP contribution is 2.25. The van der Waals surface area contributed by atoms with Crippen LogP contribution in [0.1, 0.15) is 48.7 Å². The first kappa shape index (κ1) is 14.2. The van der Waals surface area contributed by atoms with Crippen LogP contribution in [-0.4, -0.2) is 22.2 Å². The number of aryl methyl sites for hydroxylation is 1. The van der Waals surface area contributed by atoms with Gasteiger partial charge >= 0.3 is 11.9 Å². The highest BCUT2D eigenvalue weighted by molar-refractivity contribution is 5.90. The van der Waals surface area contributed by atoms with E-state index < -0.39 is 11.9 Å². The van der Waals surface area contributed by atoms with Gasteiger partial charge in [-0.15, -0.1) is 0 Å². The summed E-state index contributed by atoms with van der Waals surface area (Å²) in [5, 5.41) is 17.8. The van der Waals surface area contributed by atoms with E-state index in [1.54, 1.807) is 12.1 Å². The Morgan fingerprint density at radius 3 is 2.22 bits per heavy atom. The van der Waals surface area contributed by atoms with Gasteiger partial charge < -0.3 is 10.2 Å². The average molecular weight is 250 g/mol. The number of aromatic carboxylic acids is 1. The number of rotatable bonds is 4. The average Bonchev–Trinajstić information content (AvgIpc) is 2.24. The third kappa shape index (κ3) is 3.58. The summed E-state index contributed by atoms with van der Waals surface area (Å²) in [6.07, 6.45) is 0.177. The molecule has 0 spiro atoms. The van der Waals surface area contributed by atoms with Crippen LogP contribution in [0, 0.1) is 0 Å². The van der Waals surface area contributed by atoms with E-state index >= 15 is 0 Å². The maximum Gasteiger partial charge on any atom is 0.335 e. The van der Waals surface area contributed by atoms with E-state index in [1.165, 1.54) is 0 Å². The molecular weight excluding hydrogens is 232 g/mol. The summed E-state index contributed by atoms with van der Waals surface area (Å²) < 4.78 is 0. The van der Waals surface area contributed by atoms with Crippen LogP contribution >= 0.6 is 0 Å². The van der Waals surface area contributed by atoms with Gasteiger partial charge in [-0.25, -0.2) is 4.79 Å². The van der Waals surface area contributed by atoms with E-state index in [0.29, 0.717) is 5.56 Å². The maximum atomic E-state index is 11.2. The molecular formula is C14H18O4. The molecule has 4 heteroatoms. The second kappa shape index (κ2) is 5.21. The van der Waals surface area contributed by atoms with Gasteiger partial charge in [0.1, 0.15) is 0 Å². The lowest BCUT2D eigenvalue weighted by molar-refractivity contribution is -0.136. The minimum atomic E-state index is -1.01. The second-order valence-corrected chi connectivity index (χ2v) is 5.32. The Labute approximate surface area is 106 Å². The van der Waals surface area contributed by atoms with Crippen molar-refractivity contribution < 1.29 is 19.8 Å². The fourth-order valence-electron chi connectivity index (χ4n) is 1.70. The van der Waals surface area contributed by atoms with Crippen LogP contribution in [0.3, 0.4) is 0 Å². The first-order valence-corrected chi connectivity index (χ1v) is 5.80. The number of carboxylic acid groups (broad SMARTS) is 2. The van der Waals surface area contributed by atoms with E-state index in [0.717, 1.165) is 5.56 Å². The fourth-order valence-corrected chi connectivity index (χ4v) is 1.70. The van der Waals surface area contributed by atoms with Crippen molar-refractivity contribution in [3.8, 4) is 0 Å². The summed E-state index contributed by atoms with van der Waals surface area (Å²) in [5.41, 5.74) is 1.57. The van der Waals surface area contributed by atoms with Gasteiger partial charge in [0.05, 0.1) is 5.56 Å². The van der Waals surface area contributed by atoms with Crippen LogP contribution in [0.5, 0.6) is 0 Å². The predicted octanol–water partition coefficient (Wildman–Crippen LogP) is 2.70. The minimum absolute atomic E-state index is 0.0604.